The third-order valence-corrected chi connectivity index (χ3v) is 3.11. The Morgan fingerprint density at radius 1 is 1.15 bits per heavy atom. The number of benzene rings is 1. The Balaban J connectivity index is 1.82. The quantitative estimate of drug-likeness (QED) is 0.877. The van der Waals surface area contributed by atoms with E-state index in [1.54, 1.807) is 12.4 Å². The van der Waals surface area contributed by atoms with Crippen molar-refractivity contribution in [3.63, 3.8) is 0 Å². The average molecular weight is 269 g/mol. The molecule has 0 radical (unpaired) electrons. The predicted molar refractivity (Wildman–Crippen MR) is 80.5 cm³/mol. The molecule has 1 atom stereocenters. The second-order valence-electron chi connectivity index (χ2n) is 4.80. The van der Waals surface area contributed by atoms with E-state index in [0.29, 0.717) is 0 Å². The van der Waals surface area contributed by atoms with E-state index in [-0.39, 0.29) is 18.5 Å². The molecule has 2 N–H and O–H groups in total. The monoisotopic (exact) mass is 269 g/mol. The molecule has 1 heterocycles. The van der Waals surface area contributed by atoms with Crippen molar-refractivity contribution in [2.75, 3.05) is 11.9 Å². The number of pyridine rings is 1. The van der Waals surface area contributed by atoms with Gasteiger partial charge in [0.05, 0.1) is 6.54 Å². The van der Waals surface area contributed by atoms with E-state index in [2.05, 4.69) is 15.6 Å². The molecule has 0 saturated heterocycles. The molecule has 4 nitrogen and oxygen atoms in total. The van der Waals surface area contributed by atoms with Crippen molar-refractivity contribution in [1.29, 1.82) is 0 Å². The Bertz CT molecular complexity index is 552. The lowest BCUT2D eigenvalue weighted by atomic mass is 10.1. The zero-order valence-corrected chi connectivity index (χ0v) is 11.8. The largest absolute Gasteiger partial charge is 0.325 e. The minimum absolute atomic E-state index is 0.0465. The molecule has 0 aliphatic rings. The fourth-order valence-electron chi connectivity index (χ4n) is 1.86. The molecule has 1 aromatic carbocycles. The number of carbonyl (C=O) groups is 1. The van der Waals surface area contributed by atoms with Gasteiger partial charge in [0.25, 0.3) is 0 Å². The molecule has 0 aliphatic carbocycles. The number of carbonyl (C=O) groups excluding carboxylic acids is 1. The highest BCUT2D eigenvalue weighted by Crippen LogP contribution is 2.10. The minimum Gasteiger partial charge on any atom is -0.325 e. The molecule has 104 valence electrons. The third kappa shape index (κ3) is 4.17. The van der Waals surface area contributed by atoms with Crippen molar-refractivity contribution in [2.45, 2.75) is 19.9 Å². The zero-order valence-electron chi connectivity index (χ0n) is 11.8. The minimum atomic E-state index is -0.0465. The number of hydrogen-bond donors (Lipinski definition) is 2. The van der Waals surface area contributed by atoms with Gasteiger partial charge in [-0.1, -0.05) is 17.7 Å². The fraction of sp³-hybridized carbons (Fsp3) is 0.250. The van der Waals surface area contributed by atoms with Crippen LogP contribution in [0.1, 0.15) is 24.1 Å². The molecular formula is C16H19N3O. The van der Waals surface area contributed by atoms with E-state index in [0.717, 1.165) is 11.3 Å². The molecule has 20 heavy (non-hydrogen) atoms. The van der Waals surface area contributed by atoms with Crippen molar-refractivity contribution in [3.05, 3.63) is 59.9 Å². The summed E-state index contributed by atoms with van der Waals surface area (Å²) in [5.41, 5.74) is 3.11. The van der Waals surface area contributed by atoms with Gasteiger partial charge in [-0.25, -0.2) is 0 Å². The molecule has 0 aliphatic heterocycles. The van der Waals surface area contributed by atoms with Gasteiger partial charge in [0, 0.05) is 24.1 Å². The van der Waals surface area contributed by atoms with Gasteiger partial charge in [-0.15, -0.1) is 0 Å². The second-order valence-corrected chi connectivity index (χ2v) is 4.80. The van der Waals surface area contributed by atoms with E-state index >= 15 is 0 Å². The molecule has 0 saturated carbocycles. The summed E-state index contributed by atoms with van der Waals surface area (Å²) in [5.74, 6) is -0.0465. The fourth-order valence-corrected chi connectivity index (χ4v) is 1.86. The molecule has 4 heteroatoms. The molecule has 1 amide bonds. The number of hydrogen-bond acceptors (Lipinski definition) is 3. The first-order valence-corrected chi connectivity index (χ1v) is 6.65. The summed E-state index contributed by atoms with van der Waals surface area (Å²) < 4.78 is 0. The van der Waals surface area contributed by atoms with Crippen LogP contribution in [-0.4, -0.2) is 17.4 Å². The lowest BCUT2D eigenvalue weighted by molar-refractivity contribution is -0.115. The number of nitrogens with zero attached hydrogens (tertiary/aromatic N) is 1. The van der Waals surface area contributed by atoms with Crippen molar-refractivity contribution in [2.24, 2.45) is 0 Å². The topological polar surface area (TPSA) is 54.0 Å². The second kappa shape index (κ2) is 6.82. The van der Waals surface area contributed by atoms with Gasteiger partial charge in [-0.3, -0.25) is 9.78 Å². The number of aryl methyl sites for hydroxylation is 1. The molecule has 2 aromatic rings. The Morgan fingerprint density at radius 2 is 1.80 bits per heavy atom. The van der Waals surface area contributed by atoms with Gasteiger partial charge in [0.1, 0.15) is 0 Å². The van der Waals surface area contributed by atoms with Gasteiger partial charge in [-0.2, -0.15) is 0 Å². The maximum Gasteiger partial charge on any atom is 0.238 e. The Morgan fingerprint density at radius 3 is 2.45 bits per heavy atom. The highest BCUT2D eigenvalue weighted by molar-refractivity contribution is 5.92. The van der Waals surface area contributed by atoms with Crippen molar-refractivity contribution < 1.29 is 4.79 Å². The Labute approximate surface area is 119 Å². The smallest absolute Gasteiger partial charge is 0.238 e. The lowest BCUT2D eigenvalue weighted by Crippen LogP contribution is -2.30. The van der Waals surface area contributed by atoms with E-state index in [1.807, 2.05) is 50.2 Å². The Kier molecular flexibility index (Phi) is 4.85. The number of anilines is 1. The molecule has 2 rings (SSSR count). The van der Waals surface area contributed by atoms with Crippen molar-refractivity contribution >= 4 is 11.6 Å². The van der Waals surface area contributed by atoms with Crippen LogP contribution in [0.2, 0.25) is 0 Å². The SMILES string of the molecule is Cc1ccc(NC(=O)CN[C@@H](C)c2ccncc2)cc1. The van der Waals surface area contributed by atoms with Crippen LogP contribution in [0, 0.1) is 6.92 Å². The summed E-state index contributed by atoms with van der Waals surface area (Å²) in [6.45, 7) is 4.31. The highest BCUT2D eigenvalue weighted by Gasteiger charge is 2.07. The summed E-state index contributed by atoms with van der Waals surface area (Å²) >= 11 is 0. The van der Waals surface area contributed by atoms with Crippen molar-refractivity contribution in [3.8, 4) is 0 Å². The lowest BCUT2D eigenvalue weighted by Gasteiger charge is -2.13. The molecule has 0 unspecified atom stereocenters. The summed E-state index contributed by atoms with van der Waals surface area (Å²) in [6.07, 6.45) is 3.50. The van der Waals surface area contributed by atoms with Gasteiger partial charge in [-0.05, 0) is 43.7 Å². The number of amides is 1. The molecular weight excluding hydrogens is 250 g/mol. The third-order valence-electron chi connectivity index (χ3n) is 3.11. The first-order valence-electron chi connectivity index (χ1n) is 6.65. The van der Waals surface area contributed by atoms with Gasteiger partial charge in [0.2, 0.25) is 5.91 Å². The maximum atomic E-state index is 11.8. The zero-order chi connectivity index (χ0) is 14.4. The van der Waals surface area contributed by atoms with Crippen LogP contribution in [0.25, 0.3) is 0 Å². The summed E-state index contributed by atoms with van der Waals surface area (Å²) in [5, 5.41) is 6.05. The first-order chi connectivity index (χ1) is 9.65. The van der Waals surface area contributed by atoms with Gasteiger partial charge in [0.15, 0.2) is 0 Å². The van der Waals surface area contributed by atoms with E-state index in [4.69, 9.17) is 0 Å². The van der Waals surface area contributed by atoms with Crippen LogP contribution in [0.15, 0.2) is 48.8 Å². The molecule has 0 spiro atoms. The summed E-state index contributed by atoms with van der Waals surface area (Å²) in [4.78, 5) is 15.8. The number of rotatable bonds is 5. The molecule has 0 fully saturated rings. The Hall–Kier alpha value is -2.20. The summed E-state index contributed by atoms with van der Waals surface area (Å²) in [7, 11) is 0. The summed E-state index contributed by atoms with van der Waals surface area (Å²) in [6, 6.07) is 11.7. The predicted octanol–water partition coefficient (Wildman–Crippen LogP) is 2.68. The number of nitrogens with one attached hydrogen (secondary N) is 2. The standard InChI is InChI=1S/C16H19N3O/c1-12-3-5-15(6-4-12)19-16(20)11-18-13(2)14-7-9-17-10-8-14/h3-10,13,18H,11H2,1-2H3,(H,19,20)/t13-/m0/s1. The van der Waals surface area contributed by atoms with Gasteiger partial charge < -0.3 is 10.6 Å². The van der Waals surface area contributed by atoms with Crippen molar-refractivity contribution in [1.82, 2.24) is 10.3 Å². The first kappa shape index (κ1) is 14.2. The van der Waals surface area contributed by atoms with Crippen LogP contribution in [0.3, 0.4) is 0 Å². The normalized spacial score (nSPS) is 11.9. The highest BCUT2D eigenvalue weighted by atomic mass is 16.1. The van der Waals surface area contributed by atoms with Gasteiger partial charge >= 0.3 is 0 Å². The van der Waals surface area contributed by atoms with Crippen LogP contribution in [0.4, 0.5) is 5.69 Å². The van der Waals surface area contributed by atoms with Crippen LogP contribution < -0.4 is 10.6 Å². The van der Waals surface area contributed by atoms with Crippen LogP contribution in [0.5, 0.6) is 0 Å². The number of aromatic nitrogens is 1. The van der Waals surface area contributed by atoms with E-state index < -0.39 is 0 Å². The molecule has 0 bridgehead atoms. The maximum absolute atomic E-state index is 11.8. The van der Waals surface area contributed by atoms with E-state index in [1.165, 1.54) is 5.56 Å². The average Bonchev–Trinajstić information content (AvgIpc) is 2.48. The van der Waals surface area contributed by atoms with E-state index in [9.17, 15) is 4.79 Å². The van der Waals surface area contributed by atoms with Crippen LogP contribution in [-0.2, 0) is 4.79 Å². The van der Waals surface area contributed by atoms with Crippen LogP contribution >= 0.6 is 0 Å². The molecule has 1 aromatic heterocycles.